The van der Waals surface area contributed by atoms with Crippen molar-refractivity contribution in [3.05, 3.63) is 23.4 Å². The Hall–Kier alpha value is -1.82. The number of likely N-dealkylation sites (tertiary alicyclic amines) is 1. The Morgan fingerprint density at radius 1 is 1.53 bits per heavy atom. The molecule has 104 valence electrons. The first-order chi connectivity index (χ1) is 9.22. The average Bonchev–Trinajstić information content (AvgIpc) is 2.91. The normalized spacial score (nSPS) is 16.8. The zero-order valence-corrected chi connectivity index (χ0v) is 11.2. The smallest absolute Gasteiger partial charge is 0.224 e. The molecule has 2 rings (SSSR count). The predicted octanol–water partition coefficient (Wildman–Crippen LogP) is 0.959. The molecule has 6 nitrogen and oxygen atoms in total. The van der Waals surface area contributed by atoms with Gasteiger partial charge in [-0.05, 0) is 44.5 Å². The van der Waals surface area contributed by atoms with Crippen molar-refractivity contribution in [2.75, 3.05) is 26.2 Å². The van der Waals surface area contributed by atoms with Gasteiger partial charge in [0, 0.05) is 12.7 Å². The van der Waals surface area contributed by atoms with Crippen molar-refractivity contribution in [2.45, 2.75) is 19.8 Å². The van der Waals surface area contributed by atoms with E-state index in [9.17, 15) is 0 Å². The number of hydrogen-bond donors (Lipinski definition) is 2. The summed E-state index contributed by atoms with van der Waals surface area (Å²) in [4.78, 5) is 6.52. The minimum atomic E-state index is 0.0294. The molecule has 0 saturated carbocycles. The molecular formula is C13H20N4O2. The van der Waals surface area contributed by atoms with Gasteiger partial charge in [0.05, 0.1) is 5.56 Å². The van der Waals surface area contributed by atoms with E-state index in [-0.39, 0.29) is 5.84 Å². The van der Waals surface area contributed by atoms with Gasteiger partial charge in [-0.15, -0.1) is 0 Å². The molecule has 1 aliphatic rings. The van der Waals surface area contributed by atoms with E-state index in [2.05, 4.69) is 15.0 Å². The first-order valence-corrected chi connectivity index (χ1v) is 6.51. The first kappa shape index (κ1) is 13.6. The van der Waals surface area contributed by atoms with E-state index in [1.54, 1.807) is 12.3 Å². The molecule has 2 heterocycles. The third-order valence-electron chi connectivity index (χ3n) is 3.33. The quantitative estimate of drug-likeness (QED) is 0.358. The molecule has 0 aromatic carbocycles. The van der Waals surface area contributed by atoms with Crippen LogP contribution < -0.4 is 10.5 Å². The number of hydrogen-bond acceptors (Lipinski definition) is 5. The number of nitrogens with two attached hydrogens (primary N) is 1. The van der Waals surface area contributed by atoms with Crippen LogP contribution in [-0.4, -0.2) is 47.2 Å². The highest BCUT2D eigenvalue weighted by Gasteiger charge is 2.15. The fourth-order valence-corrected chi connectivity index (χ4v) is 2.28. The van der Waals surface area contributed by atoms with Crippen molar-refractivity contribution in [2.24, 2.45) is 10.9 Å². The van der Waals surface area contributed by atoms with E-state index in [0.717, 1.165) is 25.2 Å². The monoisotopic (exact) mass is 264 g/mol. The van der Waals surface area contributed by atoms with Crippen LogP contribution in [-0.2, 0) is 0 Å². The Morgan fingerprint density at radius 2 is 2.26 bits per heavy atom. The second kappa shape index (κ2) is 6.38. The van der Waals surface area contributed by atoms with Crippen molar-refractivity contribution >= 4 is 5.84 Å². The largest absolute Gasteiger partial charge is 0.476 e. The number of pyridine rings is 1. The lowest BCUT2D eigenvalue weighted by Crippen LogP contribution is -2.26. The molecule has 0 spiro atoms. The lowest BCUT2D eigenvalue weighted by atomic mass is 10.1. The van der Waals surface area contributed by atoms with Gasteiger partial charge in [-0.25, -0.2) is 4.98 Å². The maximum atomic E-state index is 8.81. The Balaban J connectivity index is 2.01. The van der Waals surface area contributed by atoms with Crippen LogP contribution in [0.2, 0.25) is 0 Å². The van der Waals surface area contributed by atoms with Crippen LogP contribution in [0.5, 0.6) is 5.88 Å². The van der Waals surface area contributed by atoms with Crippen molar-refractivity contribution in [1.82, 2.24) is 9.88 Å². The molecule has 1 aromatic rings. The molecule has 0 amide bonds. The van der Waals surface area contributed by atoms with Gasteiger partial charge in [-0.2, -0.15) is 0 Å². The summed E-state index contributed by atoms with van der Waals surface area (Å²) in [6, 6.07) is 1.81. The Kier molecular flexibility index (Phi) is 4.57. The summed E-state index contributed by atoms with van der Waals surface area (Å²) < 4.78 is 5.68. The van der Waals surface area contributed by atoms with E-state index in [0.29, 0.717) is 18.1 Å². The van der Waals surface area contributed by atoms with Crippen molar-refractivity contribution < 1.29 is 9.94 Å². The zero-order valence-electron chi connectivity index (χ0n) is 11.2. The summed E-state index contributed by atoms with van der Waals surface area (Å²) in [5.41, 5.74) is 7.10. The van der Waals surface area contributed by atoms with Crippen molar-refractivity contribution in [3.8, 4) is 5.88 Å². The van der Waals surface area contributed by atoms with Gasteiger partial charge in [0.25, 0.3) is 0 Å². The van der Waals surface area contributed by atoms with Gasteiger partial charge < -0.3 is 15.7 Å². The van der Waals surface area contributed by atoms with Gasteiger partial charge in [0.2, 0.25) is 5.88 Å². The molecule has 3 N–H and O–H groups in total. The average molecular weight is 264 g/mol. The molecular weight excluding hydrogens is 244 g/mol. The summed E-state index contributed by atoms with van der Waals surface area (Å²) in [7, 11) is 0. The highest BCUT2D eigenvalue weighted by atomic mass is 16.5. The topological polar surface area (TPSA) is 84.0 Å². The maximum Gasteiger partial charge on any atom is 0.224 e. The standard InChI is InChI=1S/C13H20N4O2/c1-10-4-5-15-13(11(10)12(14)16-18)19-9-8-17-6-2-3-7-17/h4-5,18H,2-3,6-9H2,1H3,(H2,14,16). The molecule has 1 aromatic heterocycles. The van der Waals surface area contributed by atoms with Gasteiger partial charge in [0.15, 0.2) is 5.84 Å². The lowest BCUT2D eigenvalue weighted by Gasteiger charge is -2.16. The van der Waals surface area contributed by atoms with E-state index < -0.39 is 0 Å². The van der Waals surface area contributed by atoms with Crippen LogP contribution in [0.3, 0.4) is 0 Å². The Bertz CT molecular complexity index is 456. The minimum absolute atomic E-state index is 0.0294. The van der Waals surface area contributed by atoms with E-state index in [4.69, 9.17) is 15.7 Å². The molecule has 0 aliphatic carbocycles. The highest BCUT2D eigenvalue weighted by Crippen LogP contribution is 2.18. The van der Waals surface area contributed by atoms with Crippen LogP contribution in [0, 0.1) is 6.92 Å². The van der Waals surface area contributed by atoms with Crippen LogP contribution in [0.1, 0.15) is 24.0 Å². The third-order valence-corrected chi connectivity index (χ3v) is 3.33. The number of rotatable bonds is 5. The van der Waals surface area contributed by atoms with Crippen LogP contribution >= 0.6 is 0 Å². The third kappa shape index (κ3) is 3.35. The fourth-order valence-electron chi connectivity index (χ4n) is 2.28. The summed E-state index contributed by atoms with van der Waals surface area (Å²) in [5, 5.41) is 11.8. The van der Waals surface area contributed by atoms with E-state index >= 15 is 0 Å². The predicted molar refractivity (Wildman–Crippen MR) is 72.7 cm³/mol. The van der Waals surface area contributed by atoms with Crippen molar-refractivity contribution in [1.29, 1.82) is 0 Å². The molecule has 6 heteroatoms. The number of amidine groups is 1. The zero-order chi connectivity index (χ0) is 13.7. The Labute approximate surface area is 112 Å². The second-order valence-corrected chi connectivity index (χ2v) is 4.69. The number of oxime groups is 1. The van der Waals surface area contributed by atoms with Gasteiger partial charge in [0.1, 0.15) is 6.61 Å². The van der Waals surface area contributed by atoms with Crippen LogP contribution in [0.15, 0.2) is 17.4 Å². The summed E-state index contributed by atoms with van der Waals surface area (Å²) in [5.74, 6) is 0.455. The summed E-state index contributed by atoms with van der Waals surface area (Å²) in [6.45, 7) is 5.59. The van der Waals surface area contributed by atoms with Gasteiger partial charge in [-0.3, -0.25) is 4.90 Å². The number of aryl methyl sites for hydroxylation is 1. The number of nitrogens with zero attached hydrogens (tertiary/aromatic N) is 3. The maximum absolute atomic E-state index is 8.81. The van der Waals surface area contributed by atoms with Crippen LogP contribution in [0.4, 0.5) is 0 Å². The van der Waals surface area contributed by atoms with E-state index in [1.807, 2.05) is 6.92 Å². The van der Waals surface area contributed by atoms with Gasteiger partial charge in [-0.1, -0.05) is 5.16 Å². The minimum Gasteiger partial charge on any atom is -0.476 e. The molecule has 0 unspecified atom stereocenters. The van der Waals surface area contributed by atoms with Crippen LogP contribution in [0.25, 0.3) is 0 Å². The molecule has 1 fully saturated rings. The molecule has 1 saturated heterocycles. The molecule has 0 radical (unpaired) electrons. The highest BCUT2D eigenvalue weighted by molar-refractivity contribution is 6.00. The van der Waals surface area contributed by atoms with Crippen molar-refractivity contribution in [3.63, 3.8) is 0 Å². The second-order valence-electron chi connectivity index (χ2n) is 4.69. The molecule has 19 heavy (non-hydrogen) atoms. The van der Waals surface area contributed by atoms with Gasteiger partial charge >= 0.3 is 0 Å². The summed E-state index contributed by atoms with van der Waals surface area (Å²) in [6.07, 6.45) is 4.19. The lowest BCUT2D eigenvalue weighted by molar-refractivity contribution is 0.231. The first-order valence-electron chi connectivity index (χ1n) is 6.51. The number of ether oxygens (including phenoxy) is 1. The molecule has 0 atom stereocenters. The molecule has 1 aliphatic heterocycles. The van der Waals surface area contributed by atoms with E-state index in [1.165, 1.54) is 12.8 Å². The molecule has 0 bridgehead atoms. The SMILES string of the molecule is Cc1ccnc(OCCN2CCCC2)c1/C(N)=N/O. The summed E-state index contributed by atoms with van der Waals surface area (Å²) >= 11 is 0. The number of aromatic nitrogens is 1. The Morgan fingerprint density at radius 3 is 2.95 bits per heavy atom. The fraction of sp³-hybridized carbons (Fsp3) is 0.538.